The molecule has 2 aromatic carbocycles. The van der Waals surface area contributed by atoms with E-state index in [0.29, 0.717) is 12.3 Å². The van der Waals surface area contributed by atoms with Crippen LogP contribution in [0.3, 0.4) is 0 Å². The second-order valence-corrected chi connectivity index (χ2v) is 6.91. The van der Waals surface area contributed by atoms with Gasteiger partial charge < -0.3 is 4.74 Å². The predicted octanol–water partition coefficient (Wildman–Crippen LogP) is 4.42. The fourth-order valence-corrected chi connectivity index (χ4v) is 3.12. The van der Waals surface area contributed by atoms with Crippen molar-refractivity contribution in [3.05, 3.63) is 65.2 Å². The minimum Gasteiger partial charge on any atom is -0.493 e. The van der Waals surface area contributed by atoms with E-state index in [1.54, 1.807) is 18.2 Å². The van der Waals surface area contributed by atoms with Crippen LogP contribution in [0, 0.1) is 6.92 Å². The number of amides is 2. The average molecular weight is 378 g/mol. The lowest BCUT2D eigenvalue weighted by Gasteiger charge is -2.13. The van der Waals surface area contributed by atoms with E-state index in [2.05, 4.69) is 12.3 Å². The van der Waals surface area contributed by atoms with Crippen LogP contribution in [-0.2, 0) is 9.59 Å². The number of hydrogen-bond acceptors (Lipinski definition) is 3. The standard InChI is InChI=1S/C23H26N2O3/c1-3-4-5-9-14-28-21-13-12-18(15-17(21)2)16-20-22(26)24-25(23(20)27)19-10-7-6-8-11-19/h6-8,10-13,15-16H,3-5,9,14H2,1-2H3,(H,24,26)/b20-16+. The second kappa shape index (κ2) is 9.22. The van der Waals surface area contributed by atoms with Gasteiger partial charge in [0.05, 0.1) is 12.3 Å². The Kier molecular flexibility index (Phi) is 6.48. The third kappa shape index (κ3) is 4.60. The first-order valence-corrected chi connectivity index (χ1v) is 9.76. The minimum absolute atomic E-state index is 0.122. The van der Waals surface area contributed by atoms with E-state index in [0.717, 1.165) is 23.3 Å². The molecular formula is C23H26N2O3. The maximum absolute atomic E-state index is 12.6. The van der Waals surface area contributed by atoms with Gasteiger partial charge in [0.15, 0.2) is 0 Å². The lowest BCUT2D eigenvalue weighted by Crippen LogP contribution is -2.35. The molecule has 0 atom stereocenters. The number of para-hydroxylation sites is 1. The van der Waals surface area contributed by atoms with Crippen LogP contribution in [0.15, 0.2) is 54.1 Å². The van der Waals surface area contributed by atoms with Gasteiger partial charge in [-0.1, -0.05) is 50.5 Å². The van der Waals surface area contributed by atoms with E-state index in [1.165, 1.54) is 24.3 Å². The number of nitrogens with one attached hydrogen (secondary N) is 1. The molecular weight excluding hydrogens is 352 g/mol. The van der Waals surface area contributed by atoms with Gasteiger partial charge in [0.1, 0.15) is 11.3 Å². The van der Waals surface area contributed by atoms with E-state index in [4.69, 9.17) is 4.74 Å². The molecule has 1 heterocycles. The summed E-state index contributed by atoms with van der Waals surface area (Å²) in [6, 6.07) is 14.7. The van der Waals surface area contributed by atoms with Crippen LogP contribution >= 0.6 is 0 Å². The van der Waals surface area contributed by atoms with Gasteiger partial charge in [-0.05, 0) is 54.8 Å². The van der Waals surface area contributed by atoms with Crippen LogP contribution in [-0.4, -0.2) is 18.4 Å². The Morgan fingerprint density at radius 2 is 1.82 bits per heavy atom. The molecule has 1 N–H and O–H groups in total. The molecule has 0 aromatic heterocycles. The van der Waals surface area contributed by atoms with E-state index in [1.807, 2.05) is 43.3 Å². The predicted molar refractivity (Wildman–Crippen MR) is 111 cm³/mol. The molecule has 1 saturated heterocycles. The Morgan fingerprint density at radius 3 is 2.54 bits per heavy atom. The van der Waals surface area contributed by atoms with E-state index < -0.39 is 5.91 Å². The molecule has 146 valence electrons. The van der Waals surface area contributed by atoms with Crippen LogP contribution < -0.4 is 15.2 Å². The van der Waals surface area contributed by atoms with Gasteiger partial charge in [-0.3, -0.25) is 15.0 Å². The summed E-state index contributed by atoms with van der Waals surface area (Å²) in [6.07, 6.45) is 6.28. The number of nitrogens with zero attached hydrogens (tertiary/aromatic N) is 1. The van der Waals surface area contributed by atoms with Gasteiger partial charge in [-0.25, -0.2) is 5.01 Å². The first-order chi connectivity index (χ1) is 13.6. The van der Waals surface area contributed by atoms with Gasteiger partial charge in [-0.15, -0.1) is 0 Å². The van der Waals surface area contributed by atoms with E-state index in [-0.39, 0.29) is 11.5 Å². The number of aryl methyl sites for hydroxylation is 1. The Balaban J connectivity index is 1.70. The normalized spacial score (nSPS) is 15.2. The first kappa shape index (κ1) is 19.7. The summed E-state index contributed by atoms with van der Waals surface area (Å²) in [5.41, 5.74) is 5.14. The molecule has 0 unspecified atom stereocenters. The van der Waals surface area contributed by atoms with Gasteiger partial charge >= 0.3 is 0 Å². The Morgan fingerprint density at radius 1 is 1.04 bits per heavy atom. The van der Waals surface area contributed by atoms with E-state index in [9.17, 15) is 9.59 Å². The summed E-state index contributed by atoms with van der Waals surface area (Å²) >= 11 is 0. The lowest BCUT2D eigenvalue weighted by atomic mass is 10.1. The number of benzene rings is 2. The second-order valence-electron chi connectivity index (χ2n) is 6.91. The topological polar surface area (TPSA) is 58.6 Å². The summed E-state index contributed by atoms with van der Waals surface area (Å²) in [5.74, 6) is 0.0830. The third-order valence-corrected chi connectivity index (χ3v) is 4.67. The molecule has 3 rings (SSSR count). The molecule has 1 fully saturated rings. The van der Waals surface area contributed by atoms with Gasteiger partial charge in [0, 0.05) is 0 Å². The number of anilines is 1. The molecule has 0 bridgehead atoms. The highest BCUT2D eigenvalue weighted by Crippen LogP contribution is 2.24. The van der Waals surface area contributed by atoms with E-state index >= 15 is 0 Å². The number of hydrogen-bond donors (Lipinski definition) is 1. The zero-order valence-electron chi connectivity index (χ0n) is 16.4. The molecule has 0 aliphatic carbocycles. The average Bonchev–Trinajstić information content (AvgIpc) is 2.98. The van der Waals surface area contributed by atoms with Crippen LogP contribution in [0.5, 0.6) is 5.75 Å². The van der Waals surface area contributed by atoms with Gasteiger partial charge in [0.2, 0.25) is 0 Å². The number of hydrazine groups is 1. The van der Waals surface area contributed by atoms with Crippen molar-refractivity contribution in [2.45, 2.75) is 39.5 Å². The lowest BCUT2D eigenvalue weighted by molar-refractivity contribution is -0.117. The highest BCUT2D eigenvalue weighted by molar-refractivity contribution is 6.31. The summed E-state index contributed by atoms with van der Waals surface area (Å²) in [4.78, 5) is 24.9. The smallest absolute Gasteiger partial charge is 0.282 e. The third-order valence-electron chi connectivity index (χ3n) is 4.67. The molecule has 1 aliphatic rings. The SMILES string of the molecule is CCCCCCOc1ccc(/C=C2\C(=O)NN(c3ccccc3)C2=O)cc1C. The largest absolute Gasteiger partial charge is 0.493 e. The maximum atomic E-state index is 12.6. The summed E-state index contributed by atoms with van der Waals surface area (Å²) in [5, 5.41) is 1.27. The van der Waals surface area contributed by atoms with Crippen molar-refractivity contribution >= 4 is 23.6 Å². The quantitative estimate of drug-likeness (QED) is 0.420. The monoisotopic (exact) mass is 378 g/mol. The molecule has 0 saturated carbocycles. The molecule has 0 radical (unpaired) electrons. The number of carbonyl (C=O) groups excluding carboxylic acids is 2. The highest BCUT2D eigenvalue weighted by atomic mass is 16.5. The number of rotatable bonds is 8. The van der Waals surface area contributed by atoms with Crippen molar-refractivity contribution < 1.29 is 14.3 Å². The zero-order chi connectivity index (χ0) is 19.9. The molecule has 5 nitrogen and oxygen atoms in total. The van der Waals surface area contributed by atoms with Crippen molar-refractivity contribution in [2.24, 2.45) is 0 Å². The van der Waals surface area contributed by atoms with Gasteiger partial charge in [0.25, 0.3) is 11.8 Å². The van der Waals surface area contributed by atoms with Crippen LogP contribution in [0.2, 0.25) is 0 Å². The molecule has 1 aliphatic heterocycles. The Labute approximate surface area is 166 Å². The number of carbonyl (C=O) groups is 2. The Bertz CT molecular complexity index is 875. The zero-order valence-corrected chi connectivity index (χ0v) is 16.4. The van der Waals surface area contributed by atoms with Crippen LogP contribution in [0.4, 0.5) is 5.69 Å². The van der Waals surface area contributed by atoms with Crippen molar-refractivity contribution in [1.82, 2.24) is 5.43 Å². The first-order valence-electron chi connectivity index (χ1n) is 9.76. The van der Waals surface area contributed by atoms with Crippen molar-refractivity contribution in [2.75, 3.05) is 11.6 Å². The molecule has 2 aromatic rings. The highest BCUT2D eigenvalue weighted by Gasteiger charge is 2.34. The minimum atomic E-state index is -0.400. The number of unbranched alkanes of at least 4 members (excludes halogenated alkanes) is 3. The molecule has 28 heavy (non-hydrogen) atoms. The summed E-state index contributed by atoms with van der Waals surface area (Å²) in [7, 11) is 0. The van der Waals surface area contributed by atoms with Crippen molar-refractivity contribution in [3.63, 3.8) is 0 Å². The van der Waals surface area contributed by atoms with Gasteiger partial charge in [-0.2, -0.15) is 0 Å². The molecule has 5 heteroatoms. The summed E-state index contributed by atoms with van der Waals surface area (Å²) in [6.45, 7) is 4.86. The molecule has 2 amide bonds. The summed E-state index contributed by atoms with van der Waals surface area (Å²) < 4.78 is 5.85. The molecule has 0 spiro atoms. The van der Waals surface area contributed by atoms with Crippen LogP contribution in [0.1, 0.15) is 43.7 Å². The fourth-order valence-electron chi connectivity index (χ4n) is 3.12. The van der Waals surface area contributed by atoms with Crippen molar-refractivity contribution in [3.8, 4) is 5.75 Å². The number of ether oxygens (including phenoxy) is 1. The Hall–Kier alpha value is -3.08. The van der Waals surface area contributed by atoms with Crippen molar-refractivity contribution in [1.29, 1.82) is 0 Å². The fraction of sp³-hybridized carbons (Fsp3) is 0.304. The maximum Gasteiger partial charge on any atom is 0.282 e. The van der Waals surface area contributed by atoms with Crippen LogP contribution in [0.25, 0.3) is 6.08 Å².